The number of nitrogens with one attached hydrogen (secondary N) is 1. The summed E-state index contributed by atoms with van der Waals surface area (Å²) in [6.45, 7) is 5.70. The zero-order chi connectivity index (χ0) is 17.8. The molecule has 1 fully saturated rings. The van der Waals surface area contributed by atoms with Crippen LogP contribution < -0.4 is 4.74 Å². The Hall–Kier alpha value is -2.74. The van der Waals surface area contributed by atoms with Crippen LogP contribution in [0.4, 0.5) is 0 Å². The van der Waals surface area contributed by atoms with Crippen LogP contribution in [0, 0.1) is 0 Å². The Morgan fingerprint density at radius 2 is 2.36 bits per heavy atom. The lowest BCUT2D eigenvalue weighted by Gasteiger charge is -2.24. The second kappa shape index (κ2) is 7.43. The molecule has 0 bridgehead atoms. The third kappa shape index (κ3) is 3.53. The number of methoxy groups -OCH3 is 1. The largest absolute Gasteiger partial charge is 0.496 e. The number of carbonyl (C=O) groups excluding carboxylic acids is 1. The fourth-order valence-corrected chi connectivity index (χ4v) is 3.15. The average Bonchev–Trinajstić information content (AvgIpc) is 3.26. The molecule has 132 valence electrons. The third-order valence-corrected chi connectivity index (χ3v) is 4.46. The molecule has 1 atom stereocenters. The van der Waals surface area contributed by atoms with Crippen molar-refractivity contribution in [1.29, 1.82) is 0 Å². The molecular formula is C17H22N6O2. The number of likely N-dealkylation sites (tertiary alicyclic amines) is 1. The number of aromatic nitrogens is 4. The SMILES string of the molecule is C=CCN1CCC(N(C)Cc2ccc(-c3nn[nH]n3)cc2OC)C1=O. The smallest absolute Gasteiger partial charge is 0.240 e. The van der Waals surface area contributed by atoms with E-state index in [-0.39, 0.29) is 11.9 Å². The van der Waals surface area contributed by atoms with Crippen LogP contribution in [0.1, 0.15) is 12.0 Å². The summed E-state index contributed by atoms with van der Waals surface area (Å²) in [5.41, 5.74) is 1.83. The molecular weight excluding hydrogens is 320 g/mol. The van der Waals surface area contributed by atoms with Gasteiger partial charge in [0.05, 0.1) is 13.2 Å². The first-order chi connectivity index (χ1) is 12.1. The molecule has 2 aromatic rings. The van der Waals surface area contributed by atoms with Gasteiger partial charge in [0.15, 0.2) is 0 Å². The van der Waals surface area contributed by atoms with Crippen LogP contribution in [0.15, 0.2) is 30.9 Å². The van der Waals surface area contributed by atoms with Gasteiger partial charge in [-0.2, -0.15) is 5.21 Å². The first kappa shape index (κ1) is 17.1. The molecule has 1 unspecified atom stereocenters. The number of rotatable bonds is 7. The number of aromatic amines is 1. The molecule has 1 aliphatic rings. The van der Waals surface area contributed by atoms with Crippen molar-refractivity contribution in [2.24, 2.45) is 0 Å². The second-order valence-electron chi connectivity index (χ2n) is 6.05. The van der Waals surface area contributed by atoms with E-state index in [0.29, 0.717) is 18.9 Å². The van der Waals surface area contributed by atoms with Crippen molar-refractivity contribution < 1.29 is 9.53 Å². The number of hydrogen-bond acceptors (Lipinski definition) is 6. The van der Waals surface area contributed by atoms with E-state index in [0.717, 1.165) is 29.8 Å². The van der Waals surface area contributed by atoms with Crippen LogP contribution in [-0.4, -0.2) is 69.6 Å². The minimum absolute atomic E-state index is 0.110. The van der Waals surface area contributed by atoms with E-state index in [1.54, 1.807) is 13.2 Å². The fourth-order valence-electron chi connectivity index (χ4n) is 3.15. The quantitative estimate of drug-likeness (QED) is 0.758. The number of likely N-dealkylation sites (N-methyl/N-ethyl adjacent to an activating group) is 1. The lowest BCUT2D eigenvalue weighted by Crippen LogP contribution is -2.39. The van der Waals surface area contributed by atoms with Gasteiger partial charge in [0.25, 0.3) is 0 Å². The topological polar surface area (TPSA) is 87.2 Å². The van der Waals surface area contributed by atoms with Gasteiger partial charge in [-0.25, -0.2) is 0 Å². The lowest BCUT2D eigenvalue weighted by molar-refractivity contribution is -0.131. The molecule has 1 N–H and O–H groups in total. The molecule has 0 radical (unpaired) electrons. The van der Waals surface area contributed by atoms with Crippen molar-refractivity contribution in [2.75, 3.05) is 27.2 Å². The molecule has 8 heteroatoms. The average molecular weight is 342 g/mol. The van der Waals surface area contributed by atoms with Gasteiger partial charge in [-0.05, 0) is 24.7 Å². The van der Waals surface area contributed by atoms with E-state index >= 15 is 0 Å². The number of benzene rings is 1. The monoisotopic (exact) mass is 342 g/mol. The Labute approximate surface area is 146 Å². The Bertz CT molecular complexity index is 746. The van der Waals surface area contributed by atoms with Crippen molar-refractivity contribution in [1.82, 2.24) is 30.4 Å². The predicted octanol–water partition coefficient (Wildman–Crippen LogP) is 1.09. The van der Waals surface area contributed by atoms with Gasteiger partial charge >= 0.3 is 0 Å². The number of H-pyrrole nitrogens is 1. The maximum atomic E-state index is 12.5. The normalized spacial score (nSPS) is 17.3. The van der Waals surface area contributed by atoms with Crippen molar-refractivity contribution >= 4 is 5.91 Å². The minimum Gasteiger partial charge on any atom is -0.496 e. The summed E-state index contributed by atoms with van der Waals surface area (Å²) in [4.78, 5) is 16.4. The van der Waals surface area contributed by atoms with E-state index in [4.69, 9.17) is 4.74 Å². The van der Waals surface area contributed by atoms with Gasteiger partial charge in [0, 0.05) is 30.8 Å². The number of tetrazole rings is 1. The Kier molecular flexibility index (Phi) is 5.08. The summed E-state index contributed by atoms with van der Waals surface area (Å²) in [5.74, 6) is 1.41. The summed E-state index contributed by atoms with van der Waals surface area (Å²) in [6.07, 6.45) is 2.59. The summed E-state index contributed by atoms with van der Waals surface area (Å²) in [6, 6.07) is 5.68. The molecule has 1 aromatic heterocycles. The molecule has 1 amide bonds. The third-order valence-electron chi connectivity index (χ3n) is 4.46. The highest BCUT2D eigenvalue weighted by Crippen LogP contribution is 2.27. The van der Waals surface area contributed by atoms with Crippen LogP contribution in [0.25, 0.3) is 11.4 Å². The van der Waals surface area contributed by atoms with Crippen LogP contribution >= 0.6 is 0 Å². The van der Waals surface area contributed by atoms with Crippen molar-refractivity contribution in [3.63, 3.8) is 0 Å². The standard InChI is InChI=1S/C17H22N6O2/c1-4-8-23-9-7-14(17(23)24)22(2)11-13-6-5-12(10-15(13)25-3)16-18-20-21-19-16/h4-6,10,14H,1,7-9,11H2,2-3H3,(H,18,19,20,21). The van der Waals surface area contributed by atoms with Crippen molar-refractivity contribution in [3.05, 3.63) is 36.4 Å². The highest BCUT2D eigenvalue weighted by atomic mass is 16.5. The molecule has 0 aliphatic carbocycles. The highest BCUT2D eigenvalue weighted by molar-refractivity contribution is 5.84. The minimum atomic E-state index is -0.110. The van der Waals surface area contributed by atoms with E-state index in [1.165, 1.54) is 0 Å². The Morgan fingerprint density at radius 3 is 3.04 bits per heavy atom. The predicted molar refractivity (Wildman–Crippen MR) is 92.8 cm³/mol. The zero-order valence-corrected chi connectivity index (χ0v) is 14.5. The van der Waals surface area contributed by atoms with E-state index in [9.17, 15) is 4.79 Å². The molecule has 25 heavy (non-hydrogen) atoms. The van der Waals surface area contributed by atoms with Crippen LogP contribution in [-0.2, 0) is 11.3 Å². The second-order valence-corrected chi connectivity index (χ2v) is 6.05. The summed E-state index contributed by atoms with van der Waals surface area (Å²) in [5, 5.41) is 14.0. The van der Waals surface area contributed by atoms with Gasteiger partial charge in [-0.15, -0.1) is 16.8 Å². The molecule has 1 aromatic carbocycles. The maximum absolute atomic E-state index is 12.5. The van der Waals surface area contributed by atoms with Gasteiger partial charge < -0.3 is 9.64 Å². The molecule has 1 saturated heterocycles. The number of hydrogen-bond donors (Lipinski definition) is 1. The molecule has 0 saturated carbocycles. The van der Waals surface area contributed by atoms with Gasteiger partial charge in [0.1, 0.15) is 5.75 Å². The van der Waals surface area contributed by atoms with Crippen molar-refractivity contribution in [3.8, 4) is 17.1 Å². The molecule has 1 aliphatic heterocycles. The van der Waals surface area contributed by atoms with E-state index < -0.39 is 0 Å². The maximum Gasteiger partial charge on any atom is 0.240 e. The van der Waals surface area contributed by atoms with Crippen LogP contribution in [0.3, 0.4) is 0 Å². The summed E-state index contributed by atoms with van der Waals surface area (Å²) >= 11 is 0. The van der Waals surface area contributed by atoms with Crippen LogP contribution in [0.5, 0.6) is 5.75 Å². The van der Waals surface area contributed by atoms with Gasteiger partial charge in [0.2, 0.25) is 11.7 Å². The first-order valence-electron chi connectivity index (χ1n) is 8.14. The summed E-state index contributed by atoms with van der Waals surface area (Å²) in [7, 11) is 3.60. The molecule has 0 spiro atoms. The van der Waals surface area contributed by atoms with E-state index in [1.807, 2.05) is 30.1 Å². The van der Waals surface area contributed by atoms with Crippen molar-refractivity contribution in [2.45, 2.75) is 19.0 Å². The number of ether oxygens (including phenoxy) is 1. The molecule has 2 heterocycles. The molecule has 3 rings (SSSR count). The van der Waals surface area contributed by atoms with Crippen LogP contribution in [0.2, 0.25) is 0 Å². The zero-order valence-electron chi connectivity index (χ0n) is 14.5. The Morgan fingerprint density at radius 1 is 1.52 bits per heavy atom. The Balaban J connectivity index is 1.74. The van der Waals surface area contributed by atoms with Gasteiger partial charge in [-0.1, -0.05) is 18.2 Å². The summed E-state index contributed by atoms with van der Waals surface area (Å²) < 4.78 is 5.51. The van der Waals surface area contributed by atoms with E-state index in [2.05, 4.69) is 32.1 Å². The number of amides is 1. The molecule has 8 nitrogen and oxygen atoms in total. The van der Waals surface area contributed by atoms with Gasteiger partial charge in [-0.3, -0.25) is 9.69 Å². The lowest BCUT2D eigenvalue weighted by atomic mass is 10.1. The number of nitrogens with zero attached hydrogens (tertiary/aromatic N) is 5. The number of carbonyl (C=O) groups is 1. The highest BCUT2D eigenvalue weighted by Gasteiger charge is 2.33. The first-order valence-corrected chi connectivity index (χ1v) is 8.14. The fraction of sp³-hybridized carbons (Fsp3) is 0.412.